The molecule has 0 aromatic rings. The molecular weight excluding hydrogens is 156 g/mol. The molecule has 1 saturated carbocycles. The van der Waals surface area contributed by atoms with Crippen molar-refractivity contribution in [2.75, 3.05) is 0 Å². The molecule has 1 aliphatic rings. The van der Waals surface area contributed by atoms with Gasteiger partial charge in [-0.15, -0.1) is 0 Å². The zero-order chi connectivity index (χ0) is 11.9. The van der Waals surface area contributed by atoms with Crippen LogP contribution in [0.25, 0.3) is 0 Å². The van der Waals surface area contributed by atoms with Crippen LogP contribution in [0.4, 0.5) is 0 Å². The van der Waals surface area contributed by atoms with Crippen molar-refractivity contribution in [3.63, 3.8) is 0 Å². The maximum absolute atomic E-state index is 2.30. The summed E-state index contributed by atoms with van der Waals surface area (Å²) in [5.41, 5.74) is 0. The highest BCUT2D eigenvalue weighted by Crippen LogP contribution is 2.36. The minimum absolute atomic E-state index is 1.05. The first-order valence-corrected chi connectivity index (χ1v) is 6.30. The van der Waals surface area contributed by atoms with Gasteiger partial charge in [0.2, 0.25) is 0 Å². The Hall–Kier alpha value is 0. The summed E-state index contributed by atoms with van der Waals surface area (Å²) in [5, 5.41) is 0. The second kappa shape index (κ2) is 29.6. The van der Waals surface area contributed by atoms with Gasteiger partial charge in [-0.2, -0.15) is 0 Å². The minimum atomic E-state index is 1.05. The fourth-order valence-corrected chi connectivity index (χ4v) is 0.508. The van der Waals surface area contributed by atoms with Crippen LogP contribution in [0.15, 0.2) is 0 Å². The van der Waals surface area contributed by atoms with Crippen molar-refractivity contribution >= 4 is 0 Å². The summed E-state index contributed by atoms with van der Waals surface area (Å²) in [6.07, 6.45) is 1.47. The van der Waals surface area contributed by atoms with Crippen LogP contribution in [0.5, 0.6) is 0 Å². The highest BCUT2D eigenvalue weighted by Gasteiger charge is 2.26. The summed E-state index contributed by atoms with van der Waals surface area (Å²) in [5.74, 6) is 2.10. The van der Waals surface area contributed by atoms with E-state index in [1.165, 1.54) is 6.42 Å². The third-order valence-electron chi connectivity index (χ3n) is 1.51. The van der Waals surface area contributed by atoms with E-state index < -0.39 is 0 Å². The van der Waals surface area contributed by atoms with Gasteiger partial charge in [-0.3, -0.25) is 0 Å². The van der Waals surface area contributed by atoms with Crippen LogP contribution in [-0.2, 0) is 0 Å². The molecule has 0 aromatic heterocycles. The van der Waals surface area contributed by atoms with E-state index in [4.69, 9.17) is 0 Å². The largest absolute Gasteiger partial charge is 0.0683 e. The Morgan fingerprint density at radius 2 is 0.615 bits per heavy atom. The Labute approximate surface area is 88.1 Å². The molecule has 0 radical (unpaired) electrons. The second-order valence-electron chi connectivity index (χ2n) is 2.19. The van der Waals surface area contributed by atoms with Gasteiger partial charge in [-0.1, -0.05) is 69.2 Å². The first-order valence-electron chi connectivity index (χ1n) is 6.30. The van der Waals surface area contributed by atoms with Gasteiger partial charge in [0.25, 0.3) is 0 Å². The fourth-order valence-electron chi connectivity index (χ4n) is 0.508. The zero-order valence-electron chi connectivity index (χ0n) is 11.9. The topological polar surface area (TPSA) is 0 Å². The van der Waals surface area contributed by atoms with E-state index in [2.05, 4.69) is 13.8 Å². The van der Waals surface area contributed by atoms with Gasteiger partial charge in [0.05, 0.1) is 0 Å². The molecule has 0 amide bonds. The molecule has 0 heteroatoms. The summed E-state index contributed by atoms with van der Waals surface area (Å²) in [6, 6.07) is 0. The molecule has 0 spiro atoms. The summed E-state index contributed by atoms with van der Waals surface area (Å²) < 4.78 is 0. The van der Waals surface area contributed by atoms with E-state index in [-0.39, 0.29) is 0 Å². The van der Waals surface area contributed by atoms with Crippen molar-refractivity contribution in [2.24, 2.45) is 11.8 Å². The van der Waals surface area contributed by atoms with E-state index in [0.29, 0.717) is 0 Å². The van der Waals surface area contributed by atoms with Crippen LogP contribution in [0.1, 0.15) is 75.7 Å². The zero-order valence-corrected chi connectivity index (χ0v) is 11.9. The lowest BCUT2D eigenvalue weighted by Gasteiger charge is -1.66. The SMILES string of the molecule is CC.CC.CC.CC.CC1CC1C. The van der Waals surface area contributed by atoms with E-state index >= 15 is 0 Å². The molecule has 1 aliphatic carbocycles. The van der Waals surface area contributed by atoms with Gasteiger partial charge in [0.15, 0.2) is 0 Å². The average Bonchev–Trinajstić information content (AvgIpc) is 2.92. The summed E-state index contributed by atoms with van der Waals surface area (Å²) in [7, 11) is 0. The van der Waals surface area contributed by atoms with Crippen LogP contribution in [0.2, 0.25) is 0 Å². The summed E-state index contributed by atoms with van der Waals surface area (Å²) in [6.45, 7) is 20.6. The molecule has 0 aromatic carbocycles. The summed E-state index contributed by atoms with van der Waals surface area (Å²) >= 11 is 0. The quantitative estimate of drug-likeness (QED) is 0.455. The molecule has 0 nitrogen and oxygen atoms in total. The first-order chi connectivity index (χ1) is 6.30. The van der Waals surface area contributed by atoms with Gasteiger partial charge in [0, 0.05) is 0 Å². The van der Waals surface area contributed by atoms with Crippen molar-refractivity contribution in [1.82, 2.24) is 0 Å². The lowest BCUT2D eigenvalue weighted by molar-refractivity contribution is 0.834. The molecule has 1 fully saturated rings. The average molecular weight is 190 g/mol. The lowest BCUT2D eigenvalue weighted by Crippen LogP contribution is -1.58. The third-order valence-corrected chi connectivity index (χ3v) is 1.51. The monoisotopic (exact) mass is 190 g/mol. The molecule has 2 unspecified atom stereocenters. The van der Waals surface area contributed by atoms with Gasteiger partial charge < -0.3 is 0 Å². The number of hydrogen-bond acceptors (Lipinski definition) is 0. The van der Waals surface area contributed by atoms with Crippen molar-refractivity contribution in [3.05, 3.63) is 0 Å². The Morgan fingerprint density at radius 1 is 0.538 bits per heavy atom. The normalized spacial score (nSPS) is 20.8. The molecule has 1 rings (SSSR count). The molecule has 0 aliphatic heterocycles. The Bertz CT molecular complexity index is 33.3. The van der Waals surface area contributed by atoms with Gasteiger partial charge in [0.1, 0.15) is 0 Å². The third kappa shape index (κ3) is 33.3. The Kier molecular flexibility index (Phi) is 52.7. The smallest absolute Gasteiger partial charge is 0.0414 e. The molecular formula is C13H34. The van der Waals surface area contributed by atoms with Crippen LogP contribution >= 0.6 is 0 Å². The van der Waals surface area contributed by atoms with E-state index in [1.54, 1.807) is 0 Å². The molecule has 0 heterocycles. The van der Waals surface area contributed by atoms with Crippen LogP contribution < -0.4 is 0 Å². The van der Waals surface area contributed by atoms with Crippen LogP contribution in [0.3, 0.4) is 0 Å². The molecule has 13 heavy (non-hydrogen) atoms. The van der Waals surface area contributed by atoms with Gasteiger partial charge >= 0.3 is 0 Å². The van der Waals surface area contributed by atoms with Crippen molar-refractivity contribution < 1.29 is 0 Å². The first kappa shape index (κ1) is 23.1. The highest BCUT2D eigenvalue weighted by molar-refractivity contribution is 4.76. The Balaban J connectivity index is -0.0000000445. The fraction of sp³-hybridized carbons (Fsp3) is 1.00. The van der Waals surface area contributed by atoms with E-state index in [0.717, 1.165) is 11.8 Å². The maximum atomic E-state index is 2.30. The molecule has 86 valence electrons. The predicted molar refractivity (Wildman–Crippen MR) is 68.3 cm³/mol. The molecule has 0 bridgehead atoms. The van der Waals surface area contributed by atoms with Crippen molar-refractivity contribution in [2.45, 2.75) is 75.7 Å². The van der Waals surface area contributed by atoms with Crippen LogP contribution in [0, 0.1) is 11.8 Å². The molecule has 0 saturated heterocycles. The Morgan fingerprint density at radius 3 is 0.615 bits per heavy atom. The van der Waals surface area contributed by atoms with Gasteiger partial charge in [-0.25, -0.2) is 0 Å². The maximum Gasteiger partial charge on any atom is -0.0414 e. The summed E-state index contributed by atoms with van der Waals surface area (Å²) in [4.78, 5) is 0. The lowest BCUT2D eigenvalue weighted by atomic mass is 10.4. The highest BCUT2D eigenvalue weighted by atomic mass is 14.3. The van der Waals surface area contributed by atoms with Crippen molar-refractivity contribution in [3.8, 4) is 0 Å². The second-order valence-corrected chi connectivity index (χ2v) is 2.19. The van der Waals surface area contributed by atoms with Crippen LogP contribution in [-0.4, -0.2) is 0 Å². The van der Waals surface area contributed by atoms with E-state index in [9.17, 15) is 0 Å². The standard InChI is InChI=1S/C5H10.4C2H6/c1-4-3-5(4)2;4*1-2/h4-5H,3H2,1-2H3;4*1-2H3. The predicted octanol–water partition coefficient (Wildman–Crippen LogP) is 5.77. The molecule has 0 N–H and O–H groups in total. The number of rotatable bonds is 0. The molecule has 2 atom stereocenters. The van der Waals surface area contributed by atoms with Gasteiger partial charge in [-0.05, 0) is 18.3 Å². The number of hydrogen-bond donors (Lipinski definition) is 0. The van der Waals surface area contributed by atoms with Crippen molar-refractivity contribution in [1.29, 1.82) is 0 Å². The van der Waals surface area contributed by atoms with E-state index in [1.807, 2.05) is 55.4 Å². The minimum Gasteiger partial charge on any atom is -0.0683 e.